The van der Waals surface area contributed by atoms with Crippen LogP contribution < -0.4 is 26.6 Å². The standard InChI is InChI=1S/C24H32NO3.ClH/c1-5-6-7-8-22-21-16-24(28-4)23(27-3)15-19(21)13-14-25(22)17-18-9-11-20(26-2)12-10-18;/h9-12,15-16H,5-8,13-14,17H2,1-4H3;1H/q+1;/p-1. The van der Waals surface area contributed by atoms with E-state index < -0.39 is 0 Å². The molecule has 158 valence electrons. The van der Waals surface area contributed by atoms with Crippen molar-refractivity contribution in [3.05, 3.63) is 53.1 Å². The molecule has 1 aliphatic rings. The molecule has 1 heterocycles. The molecule has 1 aliphatic heterocycles. The van der Waals surface area contributed by atoms with Crippen LogP contribution >= 0.6 is 0 Å². The smallest absolute Gasteiger partial charge is 0.184 e. The van der Waals surface area contributed by atoms with Crippen molar-refractivity contribution in [1.29, 1.82) is 0 Å². The van der Waals surface area contributed by atoms with Crippen molar-refractivity contribution >= 4 is 5.71 Å². The fraction of sp³-hybridized carbons (Fsp3) is 0.458. The zero-order valence-electron chi connectivity index (χ0n) is 18.0. The summed E-state index contributed by atoms with van der Waals surface area (Å²) in [6.45, 7) is 4.19. The van der Waals surface area contributed by atoms with Gasteiger partial charge in [-0.15, -0.1) is 0 Å². The lowest BCUT2D eigenvalue weighted by molar-refractivity contribution is -0.545. The lowest BCUT2D eigenvalue weighted by Crippen LogP contribution is -3.00. The molecule has 4 nitrogen and oxygen atoms in total. The van der Waals surface area contributed by atoms with Gasteiger partial charge in [0.25, 0.3) is 0 Å². The molecule has 0 saturated heterocycles. The highest BCUT2D eigenvalue weighted by atomic mass is 35.5. The fourth-order valence-electron chi connectivity index (χ4n) is 3.92. The second kappa shape index (κ2) is 11.1. The fourth-order valence-corrected chi connectivity index (χ4v) is 3.92. The number of methoxy groups -OCH3 is 3. The predicted molar refractivity (Wildman–Crippen MR) is 113 cm³/mol. The Morgan fingerprint density at radius 1 is 0.897 bits per heavy atom. The minimum absolute atomic E-state index is 0. The first-order chi connectivity index (χ1) is 13.7. The van der Waals surface area contributed by atoms with E-state index in [1.54, 1.807) is 21.3 Å². The molecule has 2 aromatic carbocycles. The largest absolute Gasteiger partial charge is 1.00 e. The molecular formula is C24H32ClNO3. The minimum Gasteiger partial charge on any atom is -1.00 e. The molecule has 2 aromatic rings. The Morgan fingerprint density at radius 2 is 1.59 bits per heavy atom. The van der Waals surface area contributed by atoms with Gasteiger partial charge in [-0.25, -0.2) is 4.58 Å². The van der Waals surface area contributed by atoms with E-state index in [-0.39, 0.29) is 12.4 Å². The summed E-state index contributed by atoms with van der Waals surface area (Å²) in [4.78, 5) is 0. The minimum atomic E-state index is 0. The SMILES string of the molecule is CCCCCC1=[N+](Cc2ccc(OC)cc2)CCc2cc(OC)c(OC)cc21.[Cl-]. The summed E-state index contributed by atoms with van der Waals surface area (Å²) in [5.41, 5.74) is 5.40. The number of hydrogen-bond acceptors (Lipinski definition) is 3. The van der Waals surface area contributed by atoms with Crippen molar-refractivity contribution in [1.82, 2.24) is 0 Å². The highest BCUT2D eigenvalue weighted by Gasteiger charge is 2.27. The first kappa shape index (κ1) is 23.1. The van der Waals surface area contributed by atoms with Crippen molar-refractivity contribution in [3.63, 3.8) is 0 Å². The Labute approximate surface area is 180 Å². The van der Waals surface area contributed by atoms with Crippen LogP contribution in [0.25, 0.3) is 0 Å². The van der Waals surface area contributed by atoms with Gasteiger partial charge in [0.2, 0.25) is 0 Å². The third-order valence-corrected chi connectivity index (χ3v) is 5.50. The van der Waals surface area contributed by atoms with Crippen LogP contribution in [0.2, 0.25) is 0 Å². The molecule has 0 N–H and O–H groups in total. The lowest BCUT2D eigenvalue weighted by atomic mass is 9.92. The van der Waals surface area contributed by atoms with Crippen LogP contribution in [0.4, 0.5) is 0 Å². The Hall–Kier alpha value is -2.20. The van der Waals surface area contributed by atoms with Gasteiger partial charge in [0.1, 0.15) is 12.3 Å². The van der Waals surface area contributed by atoms with E-state index in [1.165, 1.54) is 41.7 Å². The van der Waals surface area contributed by atoms with Gasteiger partial charge in [0.15, 0.2) is 23.8 Å². The van der Waals surface area contributed by atoms with Crippen molar-refractivity contribution in [3.8, 4) is 17.2 Å². The molecule has 0 radical (unpaired) electrons. The second-order valence-electron chi connectivity index (χ2n) is 7.29. The Bertz CT molecular complexity index is 831. The van der Waals surface area contributed by atoms with Crippen LogP contribution in [0.3, 0.4) is 0 Å². The molecule has 0 fully saturated rings. The summed E-state index contributed by atoms with van der Waals surface area (Å²) in [6, 6.07) is 12.7. The number of ether oxygens (including phenoxy) is 3. The Balaban J connectivity index is 0.00000300. The van der Waals surface area contributed by atoms with E-state index in [2.05, 4.69) is 35.8 Å². The van der Waals surface area contributed by atoms with Gasteiger partial charge in [-0.2, -0.15) is 0 Å². The molecule has 0 unspecified atom stereocenters. The molecule has 5 heteroatoms. The van der Waals surface area contributed by atoms with Crippen LogP contribution in [-0.4, -0.2) is 38.2 Å². The average Bonchev–Trinajstić information content (AvgIpc) is 2.74. The summed E-state index contributed by atoms with van der Waals surface area (Å²) >= 11 is 0. The lowest BCUT2D eigenvalue weighted by Gasteiger charge is -2.21. The van der Waals surface area contributed by atoms with E-state index in [4.69, 9.17) is 14.2 Å². The van der Waals surface area contributed by atoms with E-state index in [0.717, 1.165) is 43.2 Å². The molecule has 0 atom stereocenters. The van der Waals surface area contributed by atoms with Crippen molar-refractivity contribution in [2.45, 2.75) is 45.6 Å². The van der Waals surface area contributed by atoms with Crippen LogP contribution in [0, 0.1) is 0 Å². The van der Waals surface area contributed by atoms with Gasteiger partial charge in [-0.3, -0.25) is 0 Å². The maximum Gasteiger partial charge on any atom is 0.184 e. The quantitative estimate of drug-likeness (QED) is 0.461. The number of benzene rings is 2. The molecule has 0 amide bonds. The number of nitrogens with zero attached hydrogens (tertiary/aromatic N) is 1. The number of unbranched alkanes of at least 4 members (excludes halogenated alkanes) is 2. The molecule has 0 bridgehead atoms. The third-order valence-electron chi connectivity index (χ3n) is 5.50. The van der Waals surface area contributed by atoms with E-state index >= 15 is 0 Å². The molecule has 29 heavy (non-hydrogen) atoms. The number of rotatable bonds is 9. The van der Waals surface area contributed by atoms with E-state index in [9.17, 15) is 0 Å². The molecular weight excluding hydrogens is 386 g/mol. The van der Waals surface area contributed by atoms with Crippen molar-refractivity contribution in [2.24, 2.45) is 0 Å². The Kier molecular flexibility index (Phi) is 8.84. The molecule has 0 spiro atoms. The summed E-state index contributed by atoms with van der Waals surface area (Å²) in [5.74, 6) is 2.52. The van der Waals surface area contributed by atoms with Crippen LogP contribution in [0.5, 0.6) is 17.2 Å². The number of fused-ring (bicyclic) bond motifs is 1. The number of hydrogen-bond donors (Lipinski definition) is 0. The molecule has 0 aliphatic carbocycles. The molecule has 3 rings (SSSR count). The van der Waals surface area contributed by atoms with Crippen LogP contribution in [0.15, 0.2) is 36.4 Å². The van der Waals surface area contributed by atoms with E-state index in [0.29, 0.717) is 0 Å². The summed E-state index contributed by atoms with van der Waals surface area (Å²) in [5, 5.41) is 0. The average molecular weight is 418 g/mol. The zero-order valence-corrected chi connectivity index (χ0v) is 18.7. The maximum absolute atomic E-state index is 5.58. The topological polar surface area (TPSA) is 30.7 Å². The summed E-state index contributed by atoms with van der Waals surface area (Å²) < 4.78 is 18.9. The normalized spacial score (nSPS) is 12.8. The summed E-state index contributed by atoms with van der Waals surface area (Å²) in [7, 11) is 5.12. The molecule has 0 saturated carbocycles. The zero-order chi connectivity index (χ0) is 19.9. The van der Waals surface area contributed by atoms with Crippen LogP contribution in [-0.2, 0) is 13.0 Å². The van der Waals surface area contributed by atoms with Gasteiger partial charge in [-0.1, -0.05) is 19.8 Å². The van der Waals surface area contributed by atoms with Gasteiger partial charge >= 0.3 is 0 Å². The van der Waals surface area contributed by atoms with Gasteiger partial charge < -0.3 is 26.6 Å². The van der Waals surface area contributed by atoms with Gasteiger partial charge in [0, 0.05) is 24.0 Å². The maximum atomic E-state index is 5.58. The van der Waals surface area contributed by atoms with Crippen molar-refractivity contribution < 1.29 is 31.2 Å². The van der Waals surface area contributed by atoms with E-state index in [1.807, 2.05) is 12.1 Å². The third kappa shape index (κ3) is 5.45. The second-order valence-corrected chi connectivity index (χ2v) is 7.29. The monoisotopic (exact) mass is 417 g/mol. The van der Waals surface area contributed by atoms with Gasteiger partial charge in [0.05, 0.1) is 21.3 Å². The first-order valence-electron chi connectivity index (χ1n) is 10.2. The Morgan fingerprint density at radius 3 is 2.21 bits per heavy atom. The van der Waals surface area contributed by atoms with Crippen LogP contribution in [0.1, 0.15) is 49.3 Å². The molecule has 0 aromatic heterocycles. The number of halogens is 1. The van der Waals surface area contributed by atoms with Gasteiger partial charge in [-0.05, 0) is 48.4 Å². The van der Waals surface area contributed by atoms with Crippen molar-refractivity contribution in [2.75, 3.05) is 27.9 Å². The first-order valence-corrected chi connectivity index (χ1v) is 10.2. The summed E-state index contributed by atoms with van der Waals surface area (Å²) in [6.07, 6.45) is 5.79. The predicted octanol–water partition coefficient (Wildman–Crippen LogP) is 1.85. The highest BCUT2D eigenvalue weighted by Crippen LogP contribution is 2.33. The highest BCUT2D eigenvalue weighted by molar-refractivity contribution is 5.99.